The lowest BCUT2D eigenvalue weighted by Crippen LogP contribution is -2.56. The third-order valence-corrected chi connectivity index (χ3v) is 3.14. The van der Waals surface area contributed by atoms with Crippen molar-refractivity contribution in [3.8, 4) is 0 Å². The van der Waals surface area contributed by atoms with Crippen LogP contribution in [-0.2, 0) is 0 Å². The van der Waals surface area contributed by atoms with Crippen LogP contribution >= 0.6 is 0 Å². The smallest absolute Gasteiger partial charge is 0.133 e. The molecule has 3 N–H and O–H groups in total. The number of aliphatic hydroxyl groups excluding tert-OH is 1. The Labute approximate surface area is 96.3 Å². The van der Waals surface area contributed by atoms with E-state index in [-0.39, 0.29) is 0 Å². The van der Waals surface area contributed by atoms with E-state index in [1.807, 2.05) is 13.8 Å². The molecular formula is C12H21NO3. The summed E-state index contributed by atoms with van der Waals surface area (Å²) >= 11 is 0. The van der Waals surface area contributed by atoms with E-state index < -0.39 is 17.2 Å². The molecule has 4 nitrogen and oxygen atoms in total. The highest BCUT2D eigenvalue weighted by molar-refractivity contribution is 5.03. The number of β-amino-alcohol motifs (C(OH)–C–C–N with tert-alkyl or cyclic N) is 1. The second-order valence-corrected chi connectivity index (χ2v) is 5.10. The molecule has 0 aromatic carbocycles. The molecule has 4 heteroatoms. The molecule has 0 amide bonds. The van der Waals surface area contributed by atoms with Crippen molar-refractivity contribution in [1.29, 1.82) is 0 Å². The van der Waals surface area contributed by atoms with Gasteiger partial charge in [-0.2, -0.15) is 0 Å². The van der Waals surface area contributed by atoms with Crippen LogP contribution in [-0.4, -0.2) is 27.9 Å². The fraction of sp³-hybridized carbons (Fsp3) is 0.667. The van der Waals surface area contributed by atoms with Crippen LogP contribution in [0.25, 0.3) is 0 Å². The van der Waals surface area contributed by atoms with E-state index in [2.05, 4.69) is 5.32 Å². The second kappa shape index (κ2) is 4.57. The minimum absolute atomic E-state index is 0.338. The highest BCUT2D eigenvalue weighted by atomic mass is 16.4. The second-order valence-electron chi connectivity index (χ2n) is 5.10. The molecule has 0 aliphatic carbocycles. The Morgan fingerprint density at radius 3 is 2.44 bits per heavy atom. The van der Waals surface area contributed by atoms with Gasteiger partial charge in [0.05, 0.1) is 11.9 Å². The van der Waals surface area contributed by atoms with Crippen molar-refractivity contribution in [2.24, 2.45) is 0 Å². The quantitative estimate of drug-likeness (QED) is 0.712. The van der Waals surface area contributed by atoms with Crippen molar-refractivity contribution in [3.63, 3.8) is 0 Å². The van der Waals surface area contributed by atoms with Gasteiger partial charge in [0.2, 0.25) is 0 Å². The van der Waals surface area contributed by atoms with Gasteiger partial charge in [0.15, 0.2) is 0 Å². The number of aliphatic hydroxyl groups is 2. The Kier molecular flexibility index (Phi) is 3.78. The molecule has 16 heavy (non-hydrogen) atoms. The molecular weight excluding hydrogens is 206 g/mol. The number of hydrogen-bond acceptors (Lipinski definition) is 4. The number of hydrogen-bond donors (Lipinski definition) is 3. The third-order valence-electron chi connectivity index (χ3n) is 3.14. The zero-order valence-electron chi connectivity index (χ0n) is 10.3. The molecule has 0 aliphatic rings. The number of nitrogens with one attached hydrogen (secondary N) is 1. The van der Waals surface area contributed by atoms with E-state index in [1.165, 1.54) is 6.26 Å². The third kappa shape index (κ3) is 3.07. The first-order chi connectivity index (χ1) is 7.24. The summed E-state index contributed by atoms with van der Waals surface area (Å²) in [5.74, 6) is 0.527. The molecule has 1 unspecified atom stereocenters. The van der Waals surface area contributed by atoms with Crippen molar-refractivity contribution in [2.45, 2.75) is 44.9 Å². The largest absolute Gasteiger partial charge is 0.467 e. The Hall–Kier alpha value is -0.840. The zero-order chi connectivity index (χ0) is 12.4. The maximum Gasteiger partial charge on any atom is 0.133 e. The van der Waals surface area contributed by atoms with Gasteiger partial charge >= 0.3 is 0 Å². The van der Waals surface area contributed by atoms with Crippen LogP contribution < -0.4 is 5.32 Å². The number of rotatable bonds is 5. The molecule has 1 rings (SSSR count). The summed E-state index contributed by atoms with van der Waals surface area (Å²) in [6.45, 7) is 7.59. The first-order valence-electron chi connectivity index (χ1n) is 5.43. The highest BCUT2D eigenvalue weighted by Crippen LogP contribution is 2.21. The van der Waals surface area contributed by atoms with Crippen LogP contribution in [0.4, 0.5) is 0 Å². The number of furan rings is 1. The van der Waals surface area contributed by atoms with Gasteiger partial charge in [-0.25, -0.2) is 0 Å². The average Bonchev–Trinajstić information content (AvgIpc) is 2.65. The topological polar surface area (TPSA) is 65.6 Å². The molecule has 1 atom stereocenters. The summed E-state index contributed by atoms with van der Waals surface area (Å²) in [6, 6.07) is 3.46. The zero-order valence-corrected chi connectivity index (χ0v) is 10.3. The van der Waals surface area contributed by atoms with E-state index in [0.717, 1.165) is 0 Å². The van der Waals surface area contributed by atoms with Gasteiger partial charge < -0.3 is 19.9 Å². The van der Waals surface area contributed by atoms with Gasteiger partial charge in [-0.1, -0.05) is 0 Å². The molecule has 0 spiro atoms. The van der Waals surface area contributed by atoms with E-state index in [1.54, 1.807) is 26.0 Å². The predicted molar refractivity (Wildman–Crippen MR) is 62.0 cm³/mol. The van der Waals surface area contributed by atoms with Crippen LogP contribution in [0.1, 0.15) is 39.6 Å². The van der Waals surface area contributed by atoms with Gasteiger partial charge in [0, 0.05) is 12.1 Å². The Bertz CT molecular complexity index is 312. The maximum atomic E-state index is 9.92. The molecule has 0 radical (unpaired) electrons. The average molecular weight is 227 g/mol. The van der Waals surface area contributed by atoms with Gasteiger partial charge in [-0.15, -0.1) is 0 Å². The van der Waals surface area contributed by atoms with Crippen molar-refractivity contribution >= 4 is 0 Å². The fourth-order valence-corrected chi connectivity index (χ4v) is 1.15. The molecule has 0 bridgehead atoms. The van der Waals surface area contributed by atoms with Crippen LogP contribution in [0.15, 0.2) is 22.8 Å². The van der Waals surface area contributed by atoms with Crippen LogP contribution in [0, 0.1) is 0 Å². The lowest BCUT2D eigenvalue weighted by atomic mass is 9.86. The molecule has 0 fully saturated rings. The van der Waals surface area contributed by atoms with Crippen LogP contribution in [0.2, 0.25) is 0 Å². The van der Waals surface area contributed by atoms with Gasteiger partial charge in [-0.05, 0) is 39.8 Å². The summed E-state index contributed by atoms with van der Waals surface area (Å²) in [5.41, 5.74) is -1.35. The van der Waals surface area contributed by atoms with Crippen molar-refractivity contribution < 1.29 is 14.6 Å². The van der Waals surface area contributed by atoms with E-state index >= 15 is 0 Å². The van der Waals surface area contributed by atoms with Crippen molar-refractivity contribution in [2.75, 3.05) is 6.54 Å². The Morgan fingerprint density at radius 1 is 1.38 bits per heavy atom. The minimum Gasteiger partial charge on any atom is -0.467 e. The van der Waals surface area contributed by atoms with E-state index in [9.17, 15) is 10.2 Å². The molecule has 1 heterocycles. The summed E-state index contributed by atoms with van der Waals surface area (Å²) in [4.78, 5) is 0. The molecule has 92 valence electrons. The Morgan fingerprint density at radius 2 is 2.00 bits per heavy atom. The lowest BCUT2D eigenvalue weighted by molar-refractivity contribution is -0.0108. The van der Waals surface area contributed by atoms with Crippen LogP contribution in [0.3, 0.4) is 0 Å². The van der Waals surface area contributed by atoms with Crippen molar-refractivity contribution in [1.82, 2.24) is 5.32 Å². The van der Waals surface area contributed by atoms with Gasteiger partial charge in [-0.3, -0.25) is 0 Å². The minimum atomic E-state index is -0.865. The predicted octanol–water partition coefficient (Wildman–Crippen LogP) is 1.45. The lowest BCUT2D eigenvalue weighted by Gasteiger charge is -2.38. The maximum absolute atomic E-state index is 9.92. The molecule has 0 aliphatic heterocycles. The monoisotopic (exact) mass is 227 g/mol. The summed E-state index contributed by atoms with van der Waals surface area (Å²) in [5, 5.41) is 22.8. The first-order valence-corrected chi connectivity index (χ1v) is 5.43. The summed E-state index contributed by atoms with van der Waals surface area (Å²) in [6.07, 6.45) is 0.830. The van der Waals surface area contributed by atoms with Crippen molar-refractivity contribution in [3.05, 3.63) is 24.2 Å². The molecule has 1 aromatic heterocycles. The Balaban J connectivity index is 2.52. The normalized spacial score (nSPS) is 15.1. The summed E-state index contributed by atoms with van der Waals surface area (Å²) < 4.78 is 5.09. The first kappa shape index (κ1) is 13.2. The molecule has 0 saturated carbocycles. The summed E-state index contributed by atoms with van der Waals surface area (Å²) in [7, 11) is 0. The fourth-order valence-electron chi connectivity index (χ4n) is 1.15. The highest BCUT2D eigenvalue weighted by Gasteiger charge is 2.34. The SMILES string of the molecule is CC(C)(O)C(C)(C)NCC(O)c1ccco1. The van der Waals surface area contributed by atoms with Crippen LogP contribution in [0.5, 0.6) is 0 Å². The standard InChI is InChI=1S/C12H21NO3/c1-11(2,12(3,4)15)13-8-9(14)10-6-5-7-16-10/h5-7,9,13-15H,8H2,1-4H3. The van der Waals surface area contributed by atoms with E-state index in [0.29, 0.717) is 12.3 Å². The molecule has 0 saturated heterocycles. The van der Waals surface area contributed by atoms with Gasteiger partial charge in [0.25, 0.3) is 0 Å². The van der Waals surface area contributed by atoms with Gasteiger partial charge in [0.1, 0.15) is 11.9 Å². The van der Waals surface area contributed by atoms with E-state index in [4.69, 9.17) is 4.42 Å². The molecule has 1 aromatic rings.